The van der Waals surface area contributed by atoms with Crippen molar-refractivity contribution in [3.63, 3.8) is 0 Å². The van der Waals surface area contributed by atoms with Crippen LogP contribution in [0.2, 0.25) is 0 Å². The predicted octanol–water partition coefficient (Wildman–Crippen LogP) is 3.08. The highest BCUT2D eigenvalue weighted by atomic mass is 32.2. The molecule has 2 aromatic rings. The molecule has 1 atom stereocenters. The Labute approximate surface area is 123 Å². The van der Waals surface area contributed by atoms with Crippen LogP contribution < -0.4 is 0 Å². The minimum atomic E-state index is -3.34. The van der Waals surface area contributed by atoms with Crippen molar-refractivity contribution in [2.45, 2.75) is 29.9 Å². The molecular weight excluding hydrogens is 294 g/mol. The number of sulfonamides is 1. The van der Waals surface area contributed by atoms with Crippen molar-refractivity contribution in [1.29, 1.82) is 0 Å². The second-order valence-corrected chi connectivity index (χ2v) is 8.27. The minimum absolute atomic E-state index is 0.172. The highest BCUT2D eigenvalue weighted by Gasteiger charge is 2.35. The van der Waals surface area contributed by atoms with Crippen LogP contribution in [0, 0.1) is 0 Å². The van der Waals surface area contributed by atoms with E-state index in [1.165, 1.54) is 11.3 Å². The fourth-order valence-electron chi connectivity index (χ4n) is 2.52. The fourth-order valence-corrected chi connectivity index (χ4v) is 5.47. The van der Waals surface area contributed by atoms with E-state index in [0.29, 0.717) is 17.3 Å². The smallest absolute Gasteiger partial charge is 0.252 e. The van der Waals surface area contributed by atoms with E-state index in [-0.39, 0.29) is 5.92 Å². The van der Waals surface area contributed by atoms with E-state index < -0.39 is 10.0 Å². The van der Waals surface area contributed by atoms with E-state index in [1.54, 1.807) is 16.6 Å². The fraction of sp³-hybridized carbons (Fsp3) is 0.429. The second-order valence-electron chi connectivity index (χ2n) is 4.94. The highest BCUT2D eigenvalue weighted by Crippen LogP contribution is 2.33. The number of furan rings is 1. The van der Waals surface area contributed by atoms with E-state index in [4.69, 9.17) is 4.42 Å². The van der Waals surface area contributed by atoms with Crippen LogP contribution in [0.5, 0.6) is 0 Å². The van der Waals surface area contributed by atoms with Crippen molar-refractivity contribution >= 4 is 21.4 Å². The summed E-state index contributed by atoms with van der Waals surface area (Å²) in [5.41, 5.74) is 0. The molecule has 108 valence electrons. The van der Waals surface area contributed by atoms with Gasteiger partial charge in [0.1, 0.15) is 9.97 Å². The largest absolute Gasteiger partial charge is 0.469 e. The van der Waals surface area contributed by atoms with Gasteiger partial charge in [-0.25, -0.2) is 8.42 Å². The summed E-state index contributed by atoms with van der Waals surface area (Å²) >= 11 is 1.37. The standard InChI is InChI=1S/C14H17NO3S2/c1-2-12-5-6-14(19-12)20(16,17)15-8-7-11(10-15)13-4-3-9-18-13/h3-6,9,11H,2,7-8,10H2,1H3. The van der Waals surface area contributed by atoms with Crippen molar-refractivity contribution in [3.8, 4) is 0 Å². The zero-order valence-electron chi connectivity index (χ0n) is 11.3. The molecule has 0 aromatic carbocycles. The summed E-state index contributed by atoms with van der Waals surface area (Å²) in [6.45, 7) is 3.10. The molecule has 0 saturated carbocycles. The summed E-state index contributed by atoms with van der Waals surface area (Å²) in [6.07, 6.45) is 3.33. The topological polar surface area (TPSA) is 50.5 Å². The van der Waals surface area contributed by atoms with Gasteiger partial charge in [0, 0.05) is 23.9 Å². The third-order valence-electron chi connectivity index (χ3n) is 3.68. The summed E-state index contributed by atoms with van der Waals surface area (Å²) in [5.74, 6) is 1.05. The first kappa shape index (κ1) is 13.9. The Morgan fingerprint density at radius 1 is 1.40 bits per heavy atom. The van der Waals surface area contributed by atoms with Crippen LogP contribution in [-0.4, -0.2) is 25.8 Å². The van der Waals surface area contributed by atoms with Gasteiger partial charge >= 0.3 is 0 Å². The van der Waals surface area contributed by atoms with Gasteiger partial charge in [0.2, 0.25) is 0 Å². The van der Waals surface area contributed by atoms with Crippen molar-refractivity contribution in [2.75, 3.05) is 13.1 Å². The van der Waals surface area contributed by atoms with Crippen LogP contribution in [0.3, 0.4) is 0 Å². The first-order chi connectivity index (χ1) is 9.61. The van der Waals surface area contributed by atoms with Gasteiger partial charge < -0.3 is 4.42 Å². The van der Waals surface area contributed by atoms with Crippen LogP contribution in [0.25, 0.3) is 0 Å². The van der Waals surface area contributed by atoms with E-state index >= 15 is 0 Å². The molecule has 2 aromatic heterocycles. The molecule has 20 heavy (non-hydrogen) atoms. The zero-order valence-corrected chi connectivity index (χ0v) is 12.9. The van der Waals surface area contributed by atoms with Crippen molar-refractivity contribution in [3.05, 3.63) is 41.2 Å². The zero-order chi connectivity index (χ0) is 14.2. The minimum Gasteiger partial charge on any atom is -0.469 e. The molecule has 0 aliphatic carbocycles. The van der Waals surface area contributed by atoms with Crippen LogP contribution in [0.4, 0.5) is 0 Å². The first-order valence-electron chi connectivity index (χ1n) is 6.73. The lowest BCUT2D eigenvalue weighted by atomic mass is 10.1. The maximum Gasteiger partial charge on any atom is 0.252 e. The molecule has 4 nitrogen and oxygen atoms in total. The average Bonchev–Trinajstić information content (AvgIpc) is 3.18. The number of rotatable bonds is 4. The van der Waals surface area contributed by atoms with E-state index in [2.05, 4.69) is 0 Å². The monoisotopic (exact) mass is 311 g/mol. The molecular formula is C14H17NO3S2. The molecule has 1 unspecified atom stereocenters. The summed E-state index contributed by atoms with van der Waals surface area (Å²) in [6, 6.07) is 7.39. The van der Waals surface area contributed by atoms with Crippen LogP contribution in [0.1, 0.15) is 29.9 Å². The Morgan fingerprint density at radius 2 is 2.25 bits per heavy atom. The Hall–Kier alpha value is -1.11. The summed E-state index contributed by atoms with van der Waals surface area (Å²) in [5, 5.41) is 0. The molecule has 0 amide bonds. The highest BCUT2D eigenvalue weighted by molar-refractivity contribution is 7.91. The van der Waals surface area contributed by atoms with E-state index in [0.717, 1.165) is 23.5 Å². The Kier molecular flexibility index (Phi) is 3.70. The van der Waals surface area contributed by atoms with Gasteiger partial charge in [-0.1, -0.05) is 6.92 Å². The average molecular weight is 311 g/mol. The van der Waals surface area contributed by atoms with Crippen molar-refractivity contribution in [2.24, 2.45) is 0 Å². The van der Waals surface area contributed by atoms with Gasteiger partial charge in [-0.05, 0) is 37.1 Å². The molecule has 6 heteroatoms. The third kappa shape index (κ3) is 2.43. The summed E-state index contributed by atoms with van der Waals surface area (Å²) < 4.78 is 32.6. The van der Waals surface area contributed by atoms with Crippen LogP contribution >= 0.6 is 11.3 Å². The third-order valence-corrected chi connectivity index (χ3v) is 7.24. The molecule has 1 aliphatic rings. The van der Waals surface area contributed by atoms with Crippen molar-refractivity contribution < 1.29 is 12.8 Å². The first-order valence-corrected chi connectivity index (χ1v) is 8.99. The molecule has 3 heterocycles. The van der Waals surface area contributed by atoms with Gasteiger partial charge in [0.05, 0.1) is 6.26 Å². The number of nitrogens with zero attached hydrogens (tertiary/aromatic N) is 1. The lowest BCUT2D eigenvalue weighted by molar-refractivity contribution is 0.446. The Bertz CT molecular complexity index is 673. The molecule has 0 N–H and O–H groups in total. The van der Waals surface area contributed by atoms with Gasteiger partial charge in [-0.2, -0.15) is 4.31 Å². The number of hydrogen-bond acceptors (Lipinski definition) is 4. The molecule has 0 spiro atoms. The molecule has 3 rings (SSSR count). The van der Waals surface area contributed by atoms with Crippen LogP contribution in [0.15, 0.2) is 39.2 Å². The van der Waals surface area contributed by atoms with E-state index in [1.807, 2.05) is 25.1 Å². The lowest BCUT2D eigenvalue weighted by Gasteiger charge is -2.14. The van der Waals surface area contributed by atoms with Gasteiger partial charge in [-0.15, -0.1) is 11.3 Å². The van der Waals surface area contributed by atoms with Crippen molar-refractivity contribution in [1.82, 2.24) is 4.31 Å². The number of hydrogen-bond donors (Lipinski definition) is 0. The lowest BCUT2D eigenvalue weighted by Crippen LogP contribution is -2.28. The molecule has 1 fully saturated rings. The van der Waals surface area contributed by atoms with E-state index in [9.17, 15) is 8.42 Å². The van der Waals surface area contributed by atoms with Crippen LogP contribution in [-0.2, 0) is 16.4 Å². The summed E-state index contributed by atoms with van der Waals surface area (Å²) in [4.78, 5) is 1.10. The predicted molar refractivity (Wildman–Crippen MR) is 78.5 cm³/mol. The normalized spacial score (nSPS) is 20.6. The summed E-state index contributed by atoms with van der Waals surface area (Å²) in [7, 11) is -3.34. The maximum atomic E-state index is 12.6. The second kappa shape index (κ2) is 5.35. The van der Waals surface area contributed by atoms with Gasteiger partial charge in [0.15, 0.2) is 0 Å². The molecule has 1 aliphatic heterocycles. The molecule has 1 saturated heterocycles. The molecule has 0 radical (unpaired) electrons. The Morgan fingerprint density at radius 3 is 2.90 bits per heavy atom. The number of aryl methyl sites for hydroxylation is 1. The number of thiophene rings is 1. The SMILES string of the molecule is CCc1ccc(S(=O)(=O)N2CCC(c3ccco3)C2)s1. The van der Waals surface area contributed by atoms with Gasteiger partial charge in [-0.3, -0.25) is 0 Å². The van der Waals surface area contributed by atoms with Gasteiger partial charge in [0.25, 0.3) is 10.0 Å². The Balaban J connectivity index is 1.79. The molecule has 0 bridgehead atoms. The quantitative estimate of drug-likeness (QED) is 0.872. The maximum absolute atomic E-state index is 12.6.